The fraction of sp³-hybridized carbons (Fsp3) is 0.769. The molecule has 1 fully saturated rings. The number of carbonyl (C=O) groups is 7. The van der Waals surface area contributed by atoms with Gasteiger partial charge >= 0.3 is 0 Å². The van der Waals surface area contributed by atoms with Gasteiger partial charge in [0.25, 0.3) is 5.91 Å². The molecule has 1 aliphatic rings. The molecule has 7 amide bonds. The van der Waals surface area contributed by atoms with Crippen molar-refractivity contribution in [2.75, 3.05) is 26.7 Å². The van der Waals surface area contributed by atoms with E-state index in [1.165, 1.54) is 27.8 Å². The summed E-state index contributed by atoms with van der Waals surface area (Å²) < 4.78 is 0. The number of amides is 7. The molecule has 20 nitrogen and oxygen atoms in total. The van der Waals surface area contributed by atoms with Gasteiger partial charge in [-0.05, 0) is 84.1 Å². The second-order valence-electron chi connectivity index (χ2n) is 15.9. The first-order chi connectivity index (χ1) is 27.8. The normalized spacial score (nSPS) is 16.5. The van der Waals surface area contributed by atoms with Crippen molar-refractivity contribution < 1.29 is 38.4 Å². The molecule has 59 heavy (non-hydrogen) atoms. The minimum absolute atomic E-state index is 0.0000485. The highest BCUT2D eigenvalue weighted by atomic mass is 16.2. The van der Waals surface area contributed by atoms with Crippen LogP contribution in [0.2, 0.25) is 0 Å². The molecule has 0 saturated heterocycles. The van der Waals surface area contributed by atoms with Crippen LogP contribution in [0.3, 0.4) is 0 Å². The van der Waals surface area contributed by atoms with Crippen LogP contribution in [0.1, 0.15) is 112 Å². The summed E-state index contributed by atoms with van der Waals surface area (Å²) in [6.45, 7) is 8.13. The Morgan fingerprint density at radius 2 is 1.36 bits per heavy atom. The third-order valence-electron chi connectivity index (χ3n) is 10.4. The van der Waals surface area contributed by atoms with Crippen molar-refractivity contribution in [3.8, 4) is 0 Å². The smallest absolute Gasteiger partial charge is 0.252 e. The van der Waals surface area contributed by atoms with Crippen molar-refractivity contribution in [3.05, 3.63) is 0 Å². The van der Waals surface area contributed by atoms with Gasteiger partial charge < -0.3 is 54.4 Å². The Balaban J connectivity index is 3.16. The molecule has 0 unspecified atom stereocenters. The summed E-state index contributed by atoms with van der Waals surface area (Å²) in [5.41, 5.74) is 22.7. The lowest BCUT2D eigenvalue weighted by Crippen LogP contribution is -2.60. The van der Waals surface area contributed by atoms with Crippen LogP contribution in [0.5, 0.6) is 0 Å². The molecule has 0 aliphatic heterocycles. The summed E-state index contributed by atoms with van der Waals surface area (Å²) in [5.74, 6) is -5.08. The standard InChI is InChI=1S/C39H71N12O8/c1-23(2)19-31(49-34(55)25(4)46-33(54)24(3)47-35(56)30(16-10-11-17-40)48-32(53)21-41)38(59)50(6)26(5)36(57)51(28(22-52)15-12-18-45-39(43)44)37(58)29(42)20-27-13-8-7-9-14-27/h23-31H,7-21,40-42H2,1-6H3,(H,46,54)(H,47,56)(H,48,53)(H,49,55)(H4,43,44,45)/t24-,25-,26-,28-,29-,30-,31-/m0/s1. The second kappa shape index (κ2) is 27.1. The molecule has 14 N–H and O–H groups in total. The number of hydrogen-bond acceptors (Lipinski definition) is 12. The number of nitrogens with zero attached hydrogens (tertiary/aromatic N) is 2. The lowest BCUT2D eigenvalue weighted by atomic mass is 9.84. The average Bonchev–Trinajstić information content (AvgIpc) is 3.19. The molecule has 0 aromatic heterocycles. The van der Waals surface area contributed by atoms with Gasteiger partial charge in [0, 0.05) is 13.6 Å². The van der Waals surface area contributed by atoms with Crippen LogP contribution in [0.25, 0.3) is 0 Å². The molecule has 20 heteroatoms. The van der Waals surface area contributed by atoms with Gasteiger partial charge in [0.15, 0.2) is 5.96 Å². The third-order valence-corrected chi connectivity index (χ3v) is 10.4. The van der Waals surface area contributed by atoms with Crippen LogP contribution in [0.4, 0.5) is 0 Å². The van der Waals surface area contributed by atoms with Crippen molar-refractivity contribution in [3.63, 3.8) is 0 Å². The summed E-state index contributed by atoms with van der Waals surface area (Å²) in [7, 11) is 1.35. The van der Waals surface area contributed by atoms with Gasteiger partial charge in [0.05, 0.1) is 12.6 Å². The number of hydrogen-bond donors (Lipinski definition) is 10. The van der Waals surface area contributed by atoms with Crippen molar-refractivity contribution in [2.45, 2.75) is 154 Å². The van der Waals surface area contributed by atoms with Crippen molar-refractivity contribution in [2.24, 2.45) is 34.8 Å². The van der Waals surface area contributed by atoms with Gasteiger partial charge in [-0.3, -0.25) is 48.7 Å². The van der Waals surface area contributed by atoms with E-state index in [9.17, 15) is 38.4 Å². The summed E-state index contributed by atoms with van der Waals surface area (Å²) >= 11 is 0. The minimum Gasteiger partial charge on any atom is -0.370 e. The maximum Gasteiger partial charge on any atom is 0.252 e. The van der Waals surface area contributed by atoms with E-state index >= 15 is 0 Å². The quantitative estimate of drug-likeness (QED) is 0.0265. The summed E-state index contributed by atoms with van der Waals surface area (Å²) in [4.78, 5) is 108. The van der Waals surface area contributed by atoms with E-state index in [1.807, 2.05) is 13.8 Å². The minimum atomic E-state index is -1.33. The average molecular weight is 836 g/mol. The van der Waals surface area contributed by atoms with Gasteiger partial charge in [-0.25, -0.2) is 0 Å². The number of nitrogens with two attached hydrogens (primary N) is 4. The van der Waals surface area contributed by atoms with E-state index in [1.54, 1.807) is 6.29 Å². The maximum atomic E-state index is 14.2. The van der Waals surface area contributed by atoms with E-state index in [0.717, 1.165) is 41.9 Å². The number of imide groups is 1. The molecule has 0 heterocycles. The Kier molecular flexibility index (Phi) is 24.1. The molecule has 1 rings (SSSR count). The lowest BCUT2D eigenvalue weighted by molar-refractivity contribution is -0.154. The van der Waals surface area contributed by atoms with Crippen molar-refractivity contribution in [1.29, 1.82) is 5.41 Å². The van der Waals surface area contributed by atoms with E-state index in [-0.39, 0.29) is 56.6 Å². The first kappa shape index (κ1) is 52.3. The van der Waals surface area contributed by atoms with Crippen LogP contribution in [-0.4, -0.2) is 132 Å². The van der Waals surface area contributed by atoms with Gasteiger partial charge in [0.1, 0.15) is 36.3 Å². The Bertz CT molecular complexity index is 1430. The van der Waals surface area contributed by atoms with Crippen molar-refractivity contribution in [1.82, 2.24) is 36.4 Å². The summed E-state index contributed by atoms with van der Waals surface area (Å²) in [6.07, 6.45) is 8.87. The summed E-state index contributed by atoms with van der Waals surface area (Å²) in [5, 5.41) is 20.3. The molecular weight excluding hydrogens is 765 g/mol. The Hall–Kier alpha value is -4.69. The topological polar surface area (TPSA) is 331 Å². The first-order valence-corrected chi connectivity index (χ1v) is 20.7. The first-order valence-electron chi connectivity index (χ1n) is 20.7. The fourth-order valence-corrected chi connectivity index (χ4v) is 6.83. The lowest BCUT2D eigenvalue weighted by Gasteiger charge is -2.35. The number of rotatable bonds is 26. The van der Waals surface area contributed by atoms with E-state index in [4.69, 9.17) is 28.3 Å². The highest BCUT2D eigenvalue weighted by molar-refractivity contribution is 6.03. The van der Waals surface area contributed by atoms with Gasteiger partial charge in [-0.2, -0.15) is 0 Å². The van der Waals surface area contributed by atoms with Crippen LogP contribution >= 0.6 is 0 Å². The Labute approximate surface area is 348 Å². The molecule has 1 radical (unpaired) electrons. The molecule has 1 saturated carbocycles. The molecule has 335 valence electrons. The monoisotopic (exact) mass is 836 g/mol. The second-order valence-corrected chi connectivity index (χ2v) is 15.9. The van der Waals surface area contributed by atoms with Crippen LogP contribution in [-0.2, 0) is 38.4 Å². The summed E-state index contributed by atoms with van der Waals surface area (Å²) in [6, 6.07) is -8.11. The number of guanidine groups is 1. The predicted molar refractivity (Wildman–Crippen MR) is 222 cm³/mol. The molecule has 0 aromatic rings. The molecule has 0 bridgehead atoms. The third kappa shape index (κ3) is 18.4. The van der Waals surface area contributed by atoms with Gasteiger partial charge in [-0.15, -0.1) is 0 Å². The highest BCUT2D eigenvalue weighted by Gasteiger charge is 2.40. The zero-order chi connectivity index (χ0) is 44.8. The maximum absolute atomic E-state index is 14.2. The largest absolute Gasteiger partial charge is 0.370 e. The molecule has 1 aliphatic carbocycles. The van der Waals surface area contributed by atoms with Gasteiger partial charge in [-0.1, -0.05) is 46.0 Å². The number of nitrogens with one attached hydrogen (secondary N) is 6. The van der Waals surface area contributed by atoms with Gasteiger partial charge in [0.2, 0.25) is 41.7 Å². The molecule has 0 spiro atoms. The van der Waals surface area contributed by atoms with E-state index in [0.29, 0.717) is 25.8 Å². The number of likely N-dealkylation sites (N-methyl/N-ethyl adjacent to an activating group) is 1. The van der Waals surface area contributed by atoms with E-state index in [2.05, 4.69) is 26.6 Å². The molecule has 0 aromatic carbocycles. The Morgan fingerprint density at radius 1 is 0.763 bits per heavy atom. The van der Waals surface area contributed by atoms with Crippen molar-refractivity contribution >= 4 is 53.6 Å². The van der Waals surface area contributed by atoms with Crippen LogP contribution in [0, 0.1) is 17.2 Å². The molecule has 7 atom stereocenters. The number of unbranched alkanes of at least 4 members (excludes halogenated alkanes) is 1. The van der Waals surface area contributed by atoms with E-state index < -0.39 is 83.6 Å². The number of carbonyl (C=O) groups excluding carboxylic acids is 8. The zero-order valence-electron chi connectivity index (χ0n) is 35.8. The van der Waals surface area contributed by atoms with Crippen LogP contribution in [0.15, 0.2) is 0 Å². The Morgan fingerprint density at radius 3 is 1.90 bits per heavy atom. The van der Waals surface area contributed by atoms with Crippen LogP contribution < -0.4 is 49.5 Å². The fourth-order valence-electron chi connectivity index (χ4n) is 6.83. The zero-order valence-corrected chi connectivity index (χ0v) is 35.8. The molecular formula is C39H71N12O8. The predicted octanol–water partition coefficient (Wildman–Crippen LogP) is -1.66. The highest BCUT2D eigenvalue weighted by Crippen LogP contribution is 2.28. The SMILES string of the molecule is CC(C)C[C@H](NC(=O)[C@H](C)NC(=O)[C@H](C)NC(=O)[C@H](CCCCN)NC(=O)CN)C(=O)N(C)[C@@H](C)C(=O)N(C(=O)[C@@H](N)CC1CCCCC1)[C@H]([C]=O)CCCNC(=N)N.